The minimum Gasteiger partial charge on any atom is -0.119 e. The van der Waals surface area contributed by atoms with Crippen molar-refractivity contribution in [2.75, 3.05) is 0 Å². The summed E-state index contributed by atoms with van der Waals surface area (Å²) in [5.41, 5.74) is 3.02. The summed E-state index contributed by atoms with van der Waals surface area (Å²) in [4.78, 5) is 1.57. The zero-order valence-corrected chi connectivity index (χ0v) is 10.2. The van der Waals surface area contributed by atoms with Gasteiger partial charge in [-0.2, -0.15) is 0 Å². The van der Waals surface area contributed by atoms with Gasteiger partial charge in [0.05, 0.1) is 0 Å². The molecule has 3 rings (SSSR count). The summed E-state index contributed by atoms with van der Waals surface area (Å²) in [7, 11) is 0. The minimum atomic E-state index is 0.592. The van der Waals surface area contributed by atoms with Gasteiger partial charge >= 0.3 is 0 Å². The van der Waals surface area contributed by atoms with E-state index in [1.165, 1.54) is 44.1 Å². The fraction of sp³-hybridized carbons (Fsp3) is 0.571. The minimum absolute atomic E-state index is 0.592. The molecule has 1 spiro atoms. The Morgan fingerprint density at radius 2 is 1.93 bits per heavy atom. The molecule has 1 aromatic carbocycles. The molecular weight excluding hydrogens is 200 g/mol. The van der Waals surface area contributed by atoms with E-state index < -0.39 is 0 Å². The van der Waals surface area contributed by atoms with Gasteiger partial charge in [0.1, 0.15) is 0 Å². The third kappa shape index (κ3) is 1.71. The fourth-order valence-electron chi connectivity index (χ4n) is 2.99. The lowest BCUT2D eigenvalue weighted by molar-refractivity contribution is 0.400. The van der Waals surface area contributed by atoms with Gasteiger partial charge < -0.3 is 0 Å². The van der Waals surface area contributed by atoms with Crippen LogP contribution in [0.4, 0.5) is 0 Å². The highest BCUT2D eigenvalue weighted by Gasteiger charge is 2.38. The first-order chi connectivity index (χ1) is 7.27. The van der Waals surface area contributed by atoms with E-state index in [0.717, 1.165) is 0 Å². The Morgan fingerprint density at radius 3 is 2.73 bits per heavy atom. The molecule has 0 unspecified atom stereocenters. The molecule has 1 fully saturated rings. The number of rotatable bonds is 0. The number of hydrogen-bond donors (Lipinski definition) is 0. The van der Waals surface area contributed by atoms with Gasteiger partial charge in [-0.05, 0) is 37.8 Å². The van der Waals surface area contributed by atoms with Crippen LogP contribution in [0.5, 0.6) is 0 Å². The molecule has 0 aromatic heterocycles. The maximum Gasteiger partial charge on any atom is 0.0248 e. The van der Waals surface area contributed by atoms with Crippen molar-refractivity contribution in [2.24, 2.45) is 0 Å². The van der Waals surface area contributed by atoms with E-state index in [1.807, 2.05) is 0 Å². The first kappa shape index (κ1) is 9.77. The average molecular weight is 218 g/mol. The molecule has 0 atom stereocenters. The van der Waals surface area contributed by atoms with Crippen LogP contribution in [-0.4, -0.2) is 4.75 Å². The number of aryl methyl sites for hydroxylation is 1. The highest BCUT2D eigenvalue weighted by atomic mass is 32.2. The lowest BCUT2D eigenvalue weighted by Crippen LogP contribution is -2.26. The SMILES string of the molecule is Cc1ccc2c(c1)SC1(CCCCC1)C2. The molecule has 1 heterocycles. The Morgan fingerprint density at radius 1 is 1.13 bits per heavy atom. The lowest BCUT2D eigenvalue weighted by atomic mass is 9.84. The number of hydrogen-bond acceptors (Lipinski definition) is 1. The maximum atomic E-state index is 2.38. The Bertz CT molecular complexity index is 375. The van der Waals surface area contributed by atoms with Crippen molar-refractivity contribution in [3.8, 4) is 0 Å². The molecule has 0 radical (unpaired) electrons. The van der Waals surface area contributed by atoms with E-state index in [-0.39, 0.29) is 0 Å². The molecule has 15 heavy (non-hydrogen) atoms. The molecule has 0 amide bonds. The summed E-state index contributed by atoms with van der Waals surface area (Å²) >= 11 is 2.17. The molecule has 0 nitrogen and oxygen atoms in total. The molecule has 0 saturated heterocycles. The van der Waals surface area contributed by atoms with Crippen LogP contribution in [0, 0.1) is 6.92 Å². The van der Waals surface area contributed by atoms with E-state index in [1.54, 1.807) is 10.5 Å². The molecule has 1 aliphatic carbocycles. The van der Waals surface area contributed by atoms with Crippen molar-refractivity contribution in [3.05, 3.63) is 29.3 Å². The van der Waals surface area contributed by atoms with Crippen LogP contribution in [0.3, 0.4) is 0 Å². The zero-order valence-electron chi connectivity index (χ0n) is 9.38. The van der Waals surface area contributed by atoms with Gasteiger partial charge in [-0.3, -0.25) is 0 Å². The zero-order chi connectivity index (χ0) is 10.3. The molecule has 0 N–H and O–H groups in total. The predicted molar refractivity (Wildman–Crippen MR) is 66.6 cm³/mol. The molecule has 1 saturated carbocycles. The van der Waals surface area contributed by atoms with Crippen molar-refractivity contribution in [3.63, 3.8) is 0 Å². The molecule has 80 valence electrons. The van der Waals surface area contributed by atoms with Crippen LogP contribution < -0.4 is 0 Å². The van der Waals surface area contributed by atoms with Crippen molar-refractivity contribution >= 4 is 11.8 Å². The normalized spacial score (nSPS) is 23.0. The molecule has 1 heteroatoms. The summed E-state index contributed by atoms with van der Waals surface area (Å²) in [5.74, 6) is 0. The predicted octanol–water partition coefficient (Wildman–Crippen LogP) is 4.35. The quantitative estimate of drug-likeness (QED) is 0.624. The van der Waals surface area contributed by atoms with Crippen molar-refractivity contribution in [1.82, 2.24) is 0 Å². The summed E-state index contributed by atoms with van der Waals surface area (Å²) in [6.07, 6.45) is 8.54. The third-order valence-corrected chi connectivity index (χ3v) is 5.41. The van der Waals surface area contributed by atoms with E-state index >= 15 is 0 Å². The van der Waals surface area contributed by atoms with Crippen LogP contribution in [-0.2, 0) is 6.42 Å². The first-order valence-corrected chi connectivity index (χ1v) is 6.88. The summed E-state index contributed by atoms with van der Waals surface area (Å²) in [6.45, 7) is 2.20. The van der Waals surface area contributed by atoms with Crippen LogP contribution in [0.1, 0.15) is 43.2 Å². The highest BCUT2D eigenvalue weighted by molar-refractivity contribution is 8.01. The summed E-state index contributed by atoms with van der Waals surface area (Å²) in [6, 6.07) is 6.99. The largest absolute Gasteiger partial charge is 0.119 e. The van der Waals surface area contributed by atoms with Gasteiger partial charge in [-0.25, -0.2) is 0 Å². The summed E-state index contributed by atoms with van der Waals surface area (Å²) < 4.78 is 0.592. The van der Waals surface area contributed by atoms with Crippen LogP contribution in [0.15, 0.2) is 23.1 Å². The topological polar surface area (TPSA) is 0 Å². The molecule has 0 bridgehead atoms. The van der Waals surface area contributed by atoms with Gasteiger partial charge in [0, 0.05) is 9.64 Å². The summed E-state index contributed by atoms with van der Waals surface area (Å²) in [5, 5.41) is 0. The van der Waals surface area contributed by atoms with E-state index in [4.69, 9.17) is 0 Å². The van der Waals surface area contributed by atoms with Crippen molar-refractivity contribution in [2.45, 2.75) is 55.1 Å². The maximum absolute atomic E-state index is 2.38. The highest BCUT2D eigenvalue weighted by Crippen LogP contribution is 2.52. The molecular formula is C14H18S. The van der Waals surface area contributed by atoms with Gasteiger partial charge in [0.15, 0.2) is 0 Å². The molecule has 2 aliphatic rings. The second-order valence-corrected chi connectivity index (χ2v) is 6.64. The van der Waals surface area contributed by atoms with Gasteiger partial charge in [-0.1, -0.05) is 37.0 Å². The monoisotopic (exact) mass is 218 g/mol. The number of benzene rings is 1. The van der Waals surface area contributed by atoms with Crippen LogP contribution in [0.2, 0.25) is 0 Å². The Hall–Kier alpha value is -0.430. The first-order valence-electron chi connectivity index (χ1n) is 6.06. The van der Waals surface area contributed by atoms with Gasteiger partial charge in [-0.15, -0.1) is 11.8 Å². The fourth-order valence-corrected chi connectivity index (χ4v) is 4.70. The third-order valence-electron chi connectivity index (χ3n) is 3.83. The molecule has 1 aromatic rings. The van der Waals surface area contributed by atoms with Gasteiger partial charge in [0.25, 0.3) is 0 Å². The van der Waals surface area contributed by atoms with Crippen LogP contribution >= 0.6 is 11.8 Å². The van der Waals surface area contributed by atoms with E-state index in [2.05, 4.69) is 36.9 Å². The van der Waals surface area contributed by atoms with E-state index in [9.17, 15) is 0 Å². The Kier molecular flexibility index (Phi) is 2.31. The van der Waals surface area contributed by atoms with Gasteiger partial charge in [0.2, 0.25) is 0 Å². The van der Waals surface area contributed by atoms with Crippen molar-refractivity contribution in [1.29, 1.82) is 0 Å². The average Bonchev–Trinajstić information content (AvgIpc) is 2.56. The Labute approximate surface area is 96.5 Å². The van der Waals surface area contributed by atoms with E-state index in [0.29, 0.717) is 4.75 Å². The lowest BCUT2D eigenvalue weighted by Gasteiger charge is -2.32. The smallest absolute Gasteiger partial charge is 0.0248 e. The molecule has 1 aliphatic heterocycles. The van der Waals surface area contributed by atoms with Crippen molar-refractivity contribution < 1.29 is 0 Å². The van der Waals surface area contributed by atoms with Crippen LogP contribution in [0.25, 0.3) is 0 Å². The second-order valence-electron chi connectivity index (χ2n) is 5.13. The standard InChI is InChI=1S/C14H18S/c1-11-5-6-12-10-14(15-13(12)9-11)7-3-2-4-8-14/h5-6,9H,2-4,7-8,10H2,1H3. The Balaban J connectivity index is 1.90. The number of fused-ring (bicyclic) bond motifs is 1. The second kappa shape index (κ2) is 3.55. The number of thioether (sulfide) groups is 1.